The van der Waals surface area contributed by atoms with Crippen molar-refractivity contribution >= 4 is 28.8 Å². The summed E-state index contributed by atoms with van der Waals surface area (Å²) in [5, 5.41) is 20.7. The van der Waals surface area contributed by atoms with Gasteiger partial charge in [-0.1, -0.05) is 43.6 Å². The second kappa shape index (κ2) is 15.0. The monoisotopic (exact) mass is 528 g/mol. The molecule has 0 spiro atoms. The number of carbonyl (C=O) groups excluding carboxylic acids is 1. The Balaban J connectivity index is 2.46. The summed E-state index contributed by atoms with van der Waals surface area (Å²) < 4.78 is 5.48. The molecule has 0 amide bonds. The van der Waals surface area contributed by atoms with Gasteiger partial charge >= 0.3 is 0 Å². The Labute approximate surface area is 226 Å². The fourth-order valence-electron chi connectivity index (χ4n) is 4.27. The number of aliphatic hydroxyl groups is 2. The Morgan fingerprint density at radius 1 is 1.03 bits per heavy atom. The molecule has 0 fully saturated rings. The molecule has 0 aliphatic carbocycles. The Hall–Kier alpha value is -2.54. The lowest BCUT2D eigenvalue weighted by Crippen LogP contribution is -2.29. The van der Waals surface area contributed by atoms with Crippen LogP contribution in [0.4, 0.5) is 0 Å². The summed E-state index contributed by atoms with van der Waals surface area (Å²) in [6.45, 7) is 7.71. The Morgan fingerprint density at radius 3 is 2.27 bits per heavy atom. The lowest BCUT2D eigenvalue weighted by atomic mass is 9.88. The van der Waals surface area contributed by atoms with Crippen LogP contribution < -0.4 is 4.74 Å². The van der Waals surface area contributed by atoms with Crippen molar-refractivity contribution in [3.05, 3.63) is 64.2 Å². The van der Waals surface area contributed by atoms with Crippen molar-refractivity contribution in [1.29, 1.82) is 0 Å². The van der Waals surface area contributed by atoms with E-state index in [4.69, 9.17) is 21.3 Å². The molecule has 0 bridgehead atoms. The van der Waals surface area contributed by atoms with Crippen LogP contribution in [0.2, 0.25) is 5.02 Å². The molecule has 2 aromatic rings. The number of aliphatic hydroxyl groups excluding tert-OH is 2. The highest BCUT2D eigenvalue weighted by atomic mass is 35.5. The van der Waals surface area contributed by atoms with E-state index in [1.807, 2.05) is 70.2 Å². The number of carbonyl (C=O) groups is 1. The van der Waals surface area contributed by atoms with Gasteiger partial charge in [0.05, 0.1) is 31.1 Å². The number of Topliss-reactive ketones (excluding diaryl/α,β-unsaturated/α-hetero) is 1. The molecule has 0 radical (unpaired) electrons. The molecule has 2 aromatic carbocycles. The van der Waals surface area contributed by atoms with Crippen molar-refractivity contribution in [3.8, 4) is 5.75 Å². The zero-order valence-corrected chi connectivity index (χ0v) is 23.6. The minimum atomic E-state index is -0.827. The summed E-state index contributed by atoms with van der Waals surface area (Å²) in [6, 6.07) is 12.9. The number of methoxy groups -OCH3 is 1. The molecule has 0 aromatic heterocycles. The van der Waals surface area contributed by atoms with E-state index in [1.54, 1.807) is 14.2 Å². The highest BCUT2D eigenvalue weighted by Gasteiger charge is 2.25. The normalized spacial score (nSPS) is 15.7. The number of hydrogen-bond acceptors (Lipinski definition) is 6. The number of ketones is 1. The minimum absolute atomic E-state index is 0.0789. The Bertz CT molecular complexity index is 1080. The summed E-state index contributed by atoms with van der Waals surface area (Å²) >= 11 is 6.16. The fourth-order valence-corrected chi connectivity index (χ4v) is 4.39. The van der Waals surface area contributed by atoms with Crippen LogP contribution in [0.1, 0.15) is 69.6 Å². The van der Waals surface area contributed by atoms with E-state index in [9.17, 15) is 15.0 Å². The van der Waals surface area contributed by atoms with Gasteiger partial charge in [0, 0.05) is 41.2 Å². The molecule has 37 heavy (non-hydrogen) atoms. The maximum atomic E-state index is 13.4. The molecule has 2 rings (SSSR count). The van der Waals surface area contributed by atoms with Crippen LogP contribution in [0.5, 0.6) is 5.75 Å². The highest BCUT2D eigenvalue weighted by Crippen LogP contribution is 2.25. The van der Waals surface area contributed by atoms with Crippen LogP contribution in [0.15, 0.2) is 52.4 Å². The molecule has 4 unspecified atom stereocenters. The van der Waals surface area contributed by atoms with Gasteiger partial charge in [0.15, 0.2) is 0 Å². The second-order valence-corrected chi connectivity index (χ2v) is 9.88. The number of nitrogens with zero attached hydrogens (tertiary/aromatic N) is 2. The van der Waals surface area contributed by atoms with Crippen molar-refractivity contribution in [2.45, 2.75) is 78.0 Å². The Kier molecular flexibility index (Phi) is 12.4. The van der Waals surface area contributed by atoms with Crippen LogP contribution >= 0.6 is 11.6 Å². The van der Waals surface area contributed by atoms with E-state index in [0.717, 1.165) is 33.9 Å². The molecular formula is C30H41ClN2O4. The van der Waals surface area contributed by atoms with E-state index in [0.29, 0.717) is 30.7 Å². The van der Waals surface area contributed by atoms with Crippen molar-refractivity contribution in [1.82, 2.24) is 0 Å². The standard InChI is InChI=1S/C30H41ClN2O4/c1-7-21(12-16-28(35)27(34)8-2)29(36)18-26(20(4)32-5)33-30(22-10-13-23(31)14-11-22)25-17-24(37-6)15-9-19(25)3/h9-11,13-15,17,21,26-28,34-35H,7-8,12,16,18H2,1-6H3. The number of hydrogen-bond donors (Lipinski definition) is 2. The molecule has 0 aliphatic rings. The number of benzene rings is 2. The van der Waals surface area contributed by atoms with Gasteiger partial charge in [-0.2, -0.15) is 0 Å². The first kappa shape index (κ1) is 30.7. The molecule has 6 nitrogen and oxygen atoms in total. The lowest BCUT2D eigenvalue weighted by Gasteiger charge is -2.22. The van der Waals surface area contributed by atoms with Crippen molar-refractivity contribution in [3.63, 3.8) is 0 Å². The fraction of sp³-hybridized carbons (Fsp3) is 0.500. The van der Waals surface area contributed by atoms with Crippen molar-refractivity contribution in [2.24, 2.45) is 15.9 Å². The zero-order chi connectivity index (χ0) is 27.5. The average Bonchev–Trinajstić information content (AvgIpc) is 2.91. The minimum Gasteiger partial charge on any atom is -0.497 e. The number of halogens is 1. The van der Waals surface area contributed by atoms with Crippen molar-refractivity contribution < 1.29 is 19.7 Å². The predicted molar refractivity (Wildman–Crippen MR) is 153 cm³/mol. The summed E-state index contributed by atoms with van der Waals surface area (Å²) in [5.74, 6) is 0.573. The second-order valence-electron chi connectivity index (χ2n) is 9.44. The average molecular weight is 529 g/mol. The molecule has 0 heterocycles. The zero-order valence-electron chi connectivity index (χ0n) is 22.9. The van der Waals surface area contributed by atoms with E-state index in [1.165, 1.54) is 0 Å². The molecule has 2 N–H and O–H groups in total. The summed E-state index contributed by atoms with van der Waals surface area (Å²) in [5.41, 5.74) is 4.32. The predicted octanol–water partition coefficient (Wildman–Crippen LogP) is 5.85. The van der Waals surface area contributed by atoms with E-state index < -0.39 is 18.2 Å². The smallest absolute Gasteiger partial charge is 0.138 e. The molecule has 4 atom stereocenters. The van der Waals surface area contributed by atoms with Gasteiger partial charge in [-0.15, -0.1) is 0 Å². The maximum Gasteiger partial charge on any atom is 0.138 e. The van der Waals surface area contributed by atoms with E-state index in [-0.39, 0.29) is 18.1 Å². The van der Waals surface area contributed by atoms with Gasteiger partial charge in [0.1, 0.15) is 11.5 Å². The van der Waals surface area contributed by atoms with Gasteiger partial charge in [-0.25, -0.2) is 0 Å². The molecule has 0 aliphatic heterocycles. The number of rotatable bonds is 14. The Morgan fingerprint density at radius 2 is 1.70 bits per heavy atom. The third-order valence-corrected chi connectivity index (χ3v) is 7.21. The third-order valence-electron chi connectivity index (χ3n) is 6.95. The summed E-state index contributed by atoms with van der Waals surface area (Å²) in [4.78, 5) is 22.9. The molecule has 0 saturated carbocycles. The van der Waals surface area contributed by atoms with Gasteiger partial charge in [-0.3, -0.25) is 14.8 Å². The quantitative estimate of drug-likeness (QED) is 0.301. The van der Waals surface area contributed by atoms with Gasteiger partial charge < -0.3 is 14.9 Å². The van der Waals surface area contributed by atoms with E-state index >= 15 is 0 Å². The molecule has 7 heteroatoms. The van der Waals surface area contributed by atoms with Crippen LogP contribution in [0, 0.1) is 12.8 Å². The van der Waals surface area contributed by atoms with Crippen LogP contribution in [0.25, 0.3) is 0 Å². The van der Waals surface area contributed by atoms with Gasteiger partial charge in [-0.05, 0) is 69.4 Å². The van der Waals surface area contributed by atoms with Crippen LogP contribution in [-0.2, 0) is 4.79 Å². The first-order chi connectivity index (χ1) is 17.6. The number of aryl methyl sites for hydroxylation is 1. The van der Waals surface area contributed by atoms with Crippen LogP contribution in [0.3, 0.4) is 0 Å². The third kappa shape index (κ3) is 8.77. The molecular weight excluding hydrogens is 488 g/mol. The lowest BCUT2D eigenvalue weighted by molar-refractivity contribution is -0.123. The van der Waals surface area contributed by atoms with Crippen molar-refractivity contribution in [2.75, 3.05) is 14.2 Å². The highest BCUT2D eigenvalue weighted by molar-refractivity contribution is 6.30. The summed E-state index contributed by atoms with van der Waals surface area (Å²) in [6.07, 6.45) is 0.643. The summed E-state index contributed by atoms with van der Waals surface area (Å²) in [7, 11) is 3.34. The number of aliphatic imine (C=N–C) groups is 2. The van der Waals surface area contributed by atoms with Gasteiger partial charge in [0.2, 0.25) is 0 Å². The van der Waals surface area contributed by atoms with E-state index in [2.05, 4.69) is 4.99 Å². The maximum absolute atomic E-state index is 13.4. The molecule has 0 saturated heterocycles. The van der Waals surface area contributed by atoms with Gasteiger partial charge in [0.25, 0.3) is 0 Å². The topological polar surface area (TPSA) is 91.5 Å². The largest absolute Gasteiger partial charge is 0.497 e. The number of ether oxygens (including phenoxy) is 1. The van der Waals surface area contributed by atoms with Crippen LogP contribution in [-0.4, -0.2) is 59.8 Å². The first-order valence-electron chi connectivity index (χ1n) is 13.0. The SMILES string of the molecule is CCC(CCC(O)C(O)CC)C(=O)CC(N=C(c1ccc(Cl)cc1)c1cc(OC)ccc1C)C(C)=NC. The first-order valence-corrected chi connectivity index (χ1v) is 13.3. The molecule has 202 valence electrons.